The van der Waals surface area contributed by atoms with E-state index in [2.05, 4.69) is 36.2 Å². The summed E-state index contributed by atoms with van der Waals surface area (Å²) < 4.78 is 0. The van der Waals surface area contributed by atoms with Crippen molar-refractivity contribution in [1.82, 2.24) is 0 Å². The first-order valence-electron chi connectivity index (χ1n) is 4.81. The summed E-state index contributed by atoms with van der Waals surface area (Å²) in [6, 6.07) is 6.31. The van der Waals surface area contributed by atoms with Crippen LogP contribution in [-0.4, -0.2) is 12.8 Å². The van der Waals surface area contributed by atoms with Crippen LogP contribution in [0.5, 0.6) is 0 Å². The number of rotatable bonds is 4. The minimum atomic E-state index is 0.966. The van der Waals surface area contributed by atoms with Crippen LogP contribution in [0.15, 0.2) is 33.3 Å². The molecule has 0 fully saturated rings. The number of nitrogens with zero attached hydrogens (tertiary/aromatic N) is 2. The summed E-state index contributed by atoms with van der Waals surface area (Å²) in [5.74, 6) is 1.17. The van der Waals surface area contributed by atoms with Crippen molar-refractivity contribution in [3.8, 4) is 0 Å². The molecule has 1 rings (SSSR count). The van der Waals surface area contributed by atoms with Crippen LogP contribution in [0.3, 0.4) is 0 Å². The number of hydrogen-bond donors (Lipinski definition) is 0. The molecule has 0 amide bonds. The molecule has 1 aromatic rings. The quantitative estimate of drug-likeness (QED) is 0.537. The number of azo groups is 1. The summed E-state index contributed by atoms with van der Waals surface area (Å²) >= 11 is 1.89. The third kappa shape index (κ3) is 3.14. The van der Waals surface area contributed by atoms with Crippen LogP contribution in [0.4, 0.5) is 5.69 Å². The third-order valence-corrected chi connectivity index (χ3v) is 3.05. The van der Waals surface area contributed by atoms with Crippen LogP contribution in [0.1, 0.15) is 18.9 Å². The van der Waals surface area contributed by atoms with Crippen molar-refractivity contribution in [2.75, 3.05) is 12.8 Å². The third-order valence-electron chi connectivity index (χ3n) is 1.85. The van der Waals surface area contributed by atoms with E-state index in [4.69, 9.17) is 0 Å². The van der Waals surface area contributed by atoms with Gasteiger partial charge < -0.3 is 0 Å². The van der Waals surface area contributed by atoms with E-state index in [1.165, 1.54) is 22.6 Å². The number of hydrogen-bond acceptors (Lipinski definition) is 3. The molecular weight excluding hydrogens is 192 g/mol. The second-order valence-corrected chi connectivity index (χ2v) is 4.27. The van der Waals surface area contributed by atoms with Gasteiger partial charge in [0.25, 0.3) is 0 Å². The van der Waals surface area contributed by atoms with Gasteiger partial charge in [-0.3, -0.25) is 0 Å². The molecule has 0 saturated heterocycles. The van der Waals surface area contributed by atoms with E-state index in [0.29, 0.717) is 0 Å². The van der Waals surface area contributed by atoms with Crippen LogP contribution in [0, 0.1) is 6.92 Å². The lowest BCUT2D eigenvalue weighted by Gasteiger charge is -2.03. The monoisotopic (exact) mass is 208 g/mol. The van der Waals surface area contributed by atoms with Crippen LogP contribution < -0.4 is 0 Å². The van der Waals surface area contributed by atoms with E-state index in [1.54, 1.807) is 7.05 Å². The van der Waals surface area contributed by atoms with Crippen molar-refractivity contribution in [2.45, 2.75) is 25.2 Å². The second kappa shape index (κ2) is 5.81. The summed E-state index contributed by atoms with van der Waals surface area (Å²) in [6.45, 7) is 4.26. The first-order chi connectivity index (χ1) is 6.77. The lowest BCUT2D eigenvalue weighted by Crippen LogP contribution is -1.79. The first kappa shape index (κ1) is 11.2. The fraction of sp³-hybridized carbons (Fsp3) is 0.455. The van der Waals surface area contributed by atoms with Gasteiger partial charge in [0, 0.05) is 11.9 Å². The molecule has 0 heterocycles. The Labute approximate surface area is 89.8 Å². The zero-order chi connectivity index (χ0) is 10.4. The van der Waals surface area contributed by atoms with E-state index >= 15 is 0 Å². The lowest BCUT2D eigenvalue weighted by atomic mass is 10.2. The standard InChI is InChI=1S/C11H16N2S/c1-4-7-14-10-5-6-11(13-12-3)9(2)8-10/h5-6,8H,4,7H2,1-3H3. The highest BCUT2D eigenvalue weighted by molar-refractivity contribution is 7.99. The smallest absolute Gasteiger partial charge is 0.0882 e. The van der Waals surface area contributed by atoms with Gasteiger partial charge in [0.1, 0.15) is 0 Å². The Morgan fingerprint density at radius 3 is 2.71 bits per heavy atom. The van der Waals surface area contributed by atoms with Gasteiger partial charge in [0.15, 0.2) is 0 Å². The maximum absolute atomic E-state index is 4.04. The van der Waals surface area contributed by atoms with E-state index in [-0.39, 0.29) is 0 Å². The van der Waals surface area contributed by atoms with Crippen molar-refractivity contribution >= 4 is 17.4 Å². The number of benzene rings is 1. The molecule has 0 saturated carbocycles. The van der Waals surface area contributed by atoms with Gasteiger partial charge in [-0.15, -0.1) is 11.8 Å². The van der Waals surface area contributed by atoms with Crippen molar-refractivity contribution in [3.63, 3.8) is 0 Å². The highest BCUT2D eigenvalue weighted by Crippen LogP contribution is 2.26. The fourth-order valence-corrected chi connectivity index (χ4v) is 2.02. The molecule has 0 bridgehead atoms. The SMILES string of the molecule is CCCSc1ccc(N=NC)c(C)c1. The van der Waals surface area contributed by atoms with Gasteiger partial charge in [0.2, 0.25) is 0 Å². The molecule has 0 atom stereocenters. The van der Waals surface area contributed by atoms with E-state index in [9.17, 15) is 0 Å². The van der Waals surface area contributed by atoms with Gasteiger partial charge in [-0.05, 0) is 42.9 Å². The van der Waals surface area contributed by atoms with Crippen molar-refractivity contribution in [3.05, 3.63) is 23.8 Å². The molecule has 2 nitrogen and oxygen atoms in total. The zero-order valence-electron chi connectivity index (χ0n) is 8.95. The molecule has 0 spiro atoms. The van der Waals surface area contributed by atoms with E-state index in [1.807, 2.05) is 17.8 Å². The molecule has 0 N–H and O–H groups in total. The Morgan fingerprint density at radius 2 is 2.14 bits per heavy atom. The Bertz CT molecular complexity index is 321. The predicted octanol–water partition coefficient (Wildman–Crippen LogP) is 4.21. The zero-order valence-corrected chi connectivity index (χ0v) is 9.77. The van der Waals surface area contributed by atoms with Gasteiger partial charge in [-0.25, -0.2) is 0 Å². The molecule has 14 heavy (non-hydrogen) atoms. The van der Waals surface area contributed by atoms with Gasteiger partial charge >= 0.3 is 0 Å². The average molecular weight is 208 g/mol. The summed E-state index contributed by atoms with van der Waals surface area (Å²) in [4.78, 5) is 1.32. The summed E-state index contributed by atoms with van der Waals surface area (Å²) in [5.41, 5.74) is 2.16. The van der Waals surface area contributed by atoms with Crippen LogP contribution in [-0.2, 0) is 0 Å². The van der Waals surface area contributed by atoms with Gasteiger partial charge in [-0.2, -0.15) is 10.2 Å². The molecule has 0 unspecified atom stereocenters. The number of aryl methyl sites for hydroxylation is 1. The predicted molar refractivity (Wildman–Crippen MR) is 62.6 cm³/mol. The number of thioether (sulfide) groups is 1. The van der Waals surface area contributed by atoms with Gasteiger partial charge in [0.05, 0.1) is 5.69 Å². The van der Waals surface area contributed by atoms with Crippen LogP contribution in [0.25, 0.3) is 0 Å². The molecule has 76 valence electrons. The van der Waals surface area contributed by atoms with Crippen molar-refractivity contribution in [1.29, 1.82) is 0 Å². The molecule has 1 aromatic carbocycles. The fourth-order valence-electron chi connectivity index (χ4n) is 1.16. The van der Waals surface area contributed by atoms with Crippen molar-refractivity contribution in [2.24, 2.45) is 10.2 Å². The maximum Gasteiger partial charge on any atom is 0.0882 e. The Hall–Kier alpha value is -0.830. The normalized spacial score (nSPS) is 11.1. The van der Waals surface area contributed by atoms with Crippen LogP contribution in [0.2, 0.25) is 0 Å². The van der Waals surface area contributed by atoms with E-state index < -0.39 is 0 Å². The molecule has 0 aliphatic heterocycles. The molecule has 0 radical (unpaired) electrons. The minimum Gasteiger partial charge on any atom is -0.192 e. The first-order valence-corrected chi connectivity index (χ1v) is 5.79. The molecule has 0 aliphatic carbocycles. The van der Waals surface area contributed by atoms with Gasteiger partial charge in [-0.1, -0.05) is 6.92 Å². The largest absolute Gasteiger partial charge is 0.192 e. The molecule has 3 heteroatoms. The Morgan fingerprint density at radius 1 is 1.36 bits per heavy atom. The minimum absolute atomic E-state index is 0.966. The van der Waals surface area contributed by atoms with Crippen molar-refractivity contribution < 1.29 is 0 Å². The summed E-state index contributed by atoms with van der Waals surface area (Å²) in [5, 5.41) is 7.82. The summed E-state index contributed by atoms with van der Waals surface area (Å²) in [7, 11) is 1.69. The molecule has 0 aliphatic rings. The van der Waals surface area contributed by atoms with E-state index in [0.717, 1.165) is 5.69 Å². The maximum atomic E-state index is 4.04. The molecular formula is C11H16N2S. The average Bonchev–Trinajstić information content (AvgIpc) is 2.19. The van der Waals surface area contributed by atoms with Crippen LogP contribution >= 0.6 is 11.8 Å². The second-order valence-electron chi connectivity index (χ2n) is 3.10. The lowest BCUT2D eigenvalue weighted by molar-refractivity contribution is 1.10. The topological polar surface area (TPSA) is 24.7 Å². The molecule has 0 aromatic heterocycles. The summed E-state index contributed by atoms with van der Waals surface area (Å²) in [6.07, 6.45) is 1.21. The Kier molecular flexibility index (Phi) is 4.66. The highest BCUT2D eigenvalue weighted by Gasteiger charge is 1.98. The highest BCUT2D eigenvalue weighted by atomic mass is 32.2. The Balaban J connectivity index is 2.78.